The number of carboxylic acid groups (broad SMARTS) is 1. The highest BCUT2D eigenvalue weighted by Gasteiger charge is 2.40. The van der Waals surface area contributed by atoms with Gasteiger partial charge in [-0.25, -0.2) is 4.79 Å². The van der Waals surface area contributed by atoms with E-state index in [2.05, 4.69) is 13.8 Å². The van der Waals surface area contributed by atoms with E-state index in [-0.39, 0.29) is 11.9 Å². The minimum Gasteiger partial charge on any atom is -0.496 e. The molecule has 2 atom stereocenters. The number of amides is 1. The minimum atomic E-state index is -0.920. The molecule has 3 rings (SSSR count). The molecule has 0 aromatic heterocycles. The van der Waals surface area contributed by atoms with Crippen molar-refractivity contribution in [2.45, 2.75) is 51.6 Å². The van der Waals surface area contributed by atoms with Crippen molar-refractivity contribution in [2.24, 2.45) is 5.92 Å². The summed E-state index contributed by atoms with van der Waals surface area (Å²) in [5, 5.41) is 9.62. The number of carbonyl (C=O) groups is 2. The van der Waals surface area contributed by atoms with Crippen molar-refractivity contribution < 1.29 is 19.4 Å². The van der Waals surface area contributed by atoms with E-state index < -0.39 is 12.0 Å². The second-order valence-corrected chi connectivity index (χ2v) is 8.05. The van der Waals surface area contributed by atoms with E-state index in [0.717, 1.165) is 36.1 Å². The van der Waals surface area contributed by atoms with Gasteiger partial charge in [-0.1, -0.05) is 44.2 Å². The summed E-state index contributed by atoms with van der Waals surface area (Å²) < 4.78 is 5.42. The first-order valence-corrected chi connectivity index (χ1v) is 10.2. The monoisotopic (exact) mass is 395 g/mol. The van der Waals surface area contributed by atoms with E-state index in [9.17, 15) is 14.7 Å². The fraction of sp³-hybridized carbons (Fsp3) is 0.417. The lowest BCUT2D eigenvalue weighted by molar-refractivity contribution is -0.141. The number of nitrogens with zero attached hydrogens (tertiary/aromatic N) is 1. The number of hydrogen-bond donors (Lipinski definition) is 1. The number of carbonyl (C=O) groups excluding carboxylic acids is 1. The van der Waals surface area contributed by atoms with Gasteiger partial charge in [-0.15, -0.1) is 0 Å². The Labute approximate surface area is 172 Å². The molecule has 5 heteroatoms. The third-order valence-electron chi connectivity index (χ3n) is 5.65. The lowest BCUT2D eigenvalue weighted by Gasteiger charge is -2.29. The molecule has 0 spiro atoms. The molecule has 2 aromatic rings. The molecule has 2 aromatic carbocycles. The molecular weight excluding hydrogens is 366 g/mol. The summed E-state index contributed by atoms with van der Waals surface area (Å²) in [6.45, 7) is 4.29. The number of methoxy groups -OCH3 is 1. The van der Waals surface area contributed by atoms with Crippen LogP contribution in [0.4, 0.5) is 0 Å². The maximum absolute atomic E-state index is 13.2. The first-order valence-electron chi connectivity index (χ1n) is 10.2. The van der Waals surface area contributed by atoms with Crippen molar-refractivity contribution in [3.05, 3.63) is 54.1 Å². The molecule has 154 valence electrons. The number of aliphatic carboxylic acids is 1. The van der Waals surface area contributed by atoms with Crippen molar-refractivity contribution in [2.75, 3.05) is 7.11 Å². The minimum absolute atomic E-state index is 0.0140. The number of ether oxygens (including phenoxy) is 1. The molecule has 1 fully saturated rings. The zero-order valence-corrected chi connectivity index (χ0v) is 17.3. The highest BCUT2D eigenvalue weighted by atomic mass is 16.5. The van der Waals surface area contributed by atoms with Gasteiger partial charge in [0.25, 0.3) is 5.91 Å². The van der Waals surface area contributed by atoms with Crippen LogP contribution in [-0.4, -0.2) is 41.1 Å². The Morgan fingerprint density at radius 3 is 2.41 bits per heavy atom. The van der Waals surface area contributed by atoms with Gasteiger partial charge in [0.15, 0.2) is 0 Å². The molecule has 1 aliphatic rings. The number of rotatable bonds is 7. The van der Waals surface area contributed by atoms with Crippen LogP contribution in [0.25, 0.3) is 11.1 Å². The molecule has 5 nitrogen and oxygen atoms in total. The topological polar surface area (TPSA) is 66.8 Å². The fourth-order valence-corrected chi connectivity index (χ4v) is 4.07. The van der Waals surface area contributed by atoms with Gasteiger partial charge in [0.1, 0.15) is 11.8 Å². The van der Waals surface area contributed by atoms with Crippen LogP contribution in [-0.2, 0) is 4.79 Å². The van der Waals surface area contributed by atoms with Crippen LogP contribution in [0.3, 0.4) is 0 Å². The van der Waals surface area contributed by atoms with Crippen molar-refractivity contribution >= 4 is 11.9 Å². The van der Waals surface area contributed by atoms with Crippen LogP contribution < -0.4 is 4.74 Å². The molecule has 0 aliphatic carbocycles. The maximum Gasteiger partial charge on any atom is 0.326 e. The average Bonchev–Trinajstić information content (AvgIpc) is 3.16. The molecule has 0 unspecified atom stereocenters. The van der Waals surface area contributed by atoms with Crippen LogP contribution >= 0.6 is 0 Å². The molecule has 1 saturated heterocycles. The van der Waals surface area contributed by atoms with E-state index in [1.807, 2.05) is 36.4 Å². The molecule has 0 saturated carbocycles. The SMILES string of the molecule is COc1ccccc1-c1ccc(C(=O)N2[C@@H](CCC(C)C)CC[C@H]2C(=O)O)cc1. The van der Waals surface area contributed by atoms with Crippen LogP contribution in [0.2, 0.25) is 0 Å². The molecule has 1 amide bonds. The summed E-state index contributed by atoms with van der Waals surface area (Å²) in [5.74, 6) is 0.174. The van der Waals surface area contributed by atoms with Gasteiger partial charge in [0, 0.05) is 17.2 Å². The molecule has 1 aliphatic heterocycles. The lowest BCUT2D eigenvalue weighted by Crippen LogP contribution is -2.45. The average molecular weight is 395 g/mol. The van der Waals surface area contributed by atoms with E-state index in [1.54, 1.807) is 24.1 Å². The number of benzene rings is 2. The normalized spacial score (nSPS) is 18.8. The van der Waals surface area contributed by atoms with E-state index in [0.29, 0.717) is 17.9 Å². The van der Waals surface area contributed by atoms with E-state index >= 15 is 0 Å². The summed E-state index contributed by atoms with van der Waals surface area (Å²) in [5.41, 5.74) is 2.42. The molecule has 29 heavy (non-hydrogen) atoms. The van der Waals surface area contributed by atoms with Crippen LogP contribution in [0.5, 0.6) is 5.75 Å². The number of para-hydroxylation sites is 1. The van der Waals surface area contributed by atoms with Gasteiger partial charge in [-0.3, -0.25) is 4.79 Å². The summed E-state index contributed by atoms with van der Waals surface area (Å²) in [6, 6.07) is 14.3. The van der Waals surface area contributed by atoms with E-state index in [4.69, 9.17) is 4.74 Å². The van der Waals surface area contributed by atoms with Crippen LogP contribution in [0.1, 0.15) is 49.9 Å². The summed E-state index contributed by atoms with van der Waals surface area (Å²) in [6.07, 6.45) is 3.08. The largest absolute Gasteiger partial charge is 0.496 e. The molecular formula is C24H29NO4. The van der Waals surface area contributed by atoms with Gasteiger partial charge in [0.2, 0.25) is 0 Å². The Bertz CT molecular complexity index is 859. The first-order chi connectivity index (χ1) is 13.9. The fourth-order valence-electron chi connectivity index (χ4n) is 4.07. The second-order valence-electron chi connectivity index (χ2n) is 8.05. The van der Waals surface area contributed by atoms with Crippen LogP contribution in [0, 0.1) is 5.92 Å². The van der Waals surface area contributed by atoms with Crippen molar-refractivity contribution in [1.29, 1.82) is 0 Å². The molecule has 1 heterocycles. The highest BCUT2D eigenvalue weighted by Crippen LogP contribution is 2.32. The Hall–Kier alpha value is -2.82. The van der Waals surface area contributed by atoms with Crippen LogP contribution in [0.15, 0.2) is 48.5 Å². The summed E-state index contributed by atoms with van der Waals surface area (Å²) in [4.78, 5) is 26.6. The third-order valence-corrected chi connectivity index (χ3v) is 5.65. The lowest BCUT2D eigenvalue weighted by atomic mass is 10.0. The second kappa shape index (κ2) is 9.12. The Balaban J connectivity index is 1.84. The quantitative estimate of drug-likeness (QED) is 0.727. The molecule has 0 radical (unpaired) electrons. The zero-order valence-electron chi connectivity index (χ0n) is 17.3. The third kappa shape index (κ3) is 4.61. The summed E-state index contributed by atoms with van der Waals surface area (Å²) in [7, 11) is 1.63. The zero-order chi connectivity index (χ0) is 21.0. The Morgan fingerprint density at radius 1 is 1.10 bits per heavy atom. The van der Waals surface area contributed by atoms with Gasteiger partial charge < -0.3 is 14.7 Å². The smallest absolute Gasteiger partial charge is 0.326 e. The van der Waals surface area contributed by atoms with Gasteiger partial charge in [-0.05, 0) is 55.4 Å². The van der Waals surface area contributed by atoms with Gasteiger partial charge >= 0.3 is 5.97 Å². The van der Waals surface area contributed by atoms with Crippen molar-refractivity contribution in [3.63, 3.8) is 0 Å². The first kappa shape index (κ1) is 20.9. The number of carboxylic acids is 1. The van der Waals surface area contributed by atoms with Crippen molar-refractivity contribution in [1.82, 2.24) is 4.90 Å². The maximum atomic E-state index is 13.2. The standard InChI is InChI=1S/C24H29NO4/c1-16(2)8-13-19-14-15-21(24(27)28)25(19)23(26)18-11-9-17(10-12-18)20-6-4-5-7-22(20)29-3/h4-7,9-12,16,19,21H,8,13-15H2,1-3H3,(H,27,28)/t19-,21-/m0/s1. The number of likely N-dealkylation sites (tertiary alicyclic amines) is 1. The highest BCUT2D eigenvalue weighted by molar-refractivity contribution is 5.97. The molecule has 0 bridgehead atoms. The Kier molecular flexibility index (Phi) is 6.57. The predicted molar refractivity (Wildman–Crippen MR) is 113 cm³/mol. The van der Waals surface area contributed by atoms with Gasteiger partial charge in [0.05, 0.1) is 7.11 Å². The van der Waals surface area contributed by atoms with Gasteiger partial charge in [-0.2, -0.15) is 0 Å². The predicted octanol–water partition coefficient (Wildman–Crippen LogP) is 4.86. The summed E-state index contributed by atoms with van der Waals surface area (Å²) >= 11 is 0. The Morgan fingerprint density at radius 2 is 1.79 bits per heavy atom. The van der Waals surface area contributed by atoms with E-state index in [1.165, 1.54) is 0 Å². The number of hydrogen-bond acceptors (Lipinski definition) is 3. The molecule has 1 N–H and O–H groups in total. The van der Waals surface area contributed by atoms with Crippen molar-refractivity contribution in [3.8, 4) is 16.9 Å².